The van der Waals surface area contributed by atoms with Crippen LogP contribution in [0.2, 0.25) is 0 Å². The van der Waals surface area contributed by atoms with Crippen molar-refractivity contribution in [2.75, 3.05) is 37.6 Å². The molecule has 0 amide bonds. The number of terminal acetylenes is 1. The average Bonchev–Trinajstić information content (AvgIpc) is 3.11. The molecule has 1 aromatic carbocycles. The van der Waals surface area contributed by atoms with Gasteiger partial charge in [0.25, 0.3) is 0 Å². The van der Waals surface area contributed by atoms with Gasteiger partial charge in [0, 0.05) is 53.6 Å². The van der Waals surface area contributed by atoms with Gasteiger partial charge < -0.3 is 9.80 Å². The van der Waals surface area contributed by atoms with Crippen molar-refractivity contribution in [1.29, 1.82) is 0 Å². The number of hydrogen-bond acceptors (Lipinski definition) is 4. The second kappa shape index (κ2) is 6.87. The largest absolute Gasteiger partial charge is 0.361 e. The van der Waals surface area contributed by atoms with Crippen molar-refractivity contribution in [3.05, 3.63) is 48.2 Å². The van der Waals surface area contributed by atoms with Crippen molar-refractivity contribution in [2.24, 2.45) is 0 Å². The van der Waals surface area contributed by atoms with Crippen molar-refractivity contribution in [3.8, 4) is 23.6 Å². The van der Waals surface area contributed by atoms with Gasteiger partial charge in [0.2, 0.25) is 0 Å². The van der Waals surface area contributed by atoms with Gasteiger partial charge in [0.15, 0.2) is 0 Å². The maximum absolute atomic E-state index is 5.43. The number of rotatable bonds is 3. The SMILES string of the molecule is C#Cc1ccc(-c2cc3sc(N4CCN(CC)CC4)cc3cn2)cc1. The second-order valence-electron chi connectivity index (χ2n) is 6.34. The van der Waals surface area contributed by atoms with E-state index in [1.54, 1.807) is 0 Å². The molecule has 0 unspecified atom stereocenters. The fourth-order valence-corrected chi connectivity index (χ4v) is 4.38. The lowest BCUT2D eigenvalue weighted by molar-refractivity contribution is 0.271. The Morgan fingerprint density at radius 3 is 2.56 bits per heavy atom. The molecule has 1 aliphatic rings. The van der Waals surface area contributed by atoms with E-state index in [2.05, 4.69) is 39.8 Å². The molecule has 2 aromatic heterocycles. The number of likely N-dealkylation sites (N-methyl/N-ethyl adjacent to an activating group) is 1. The molecular formula is C21H21N3S. The van der Waals surface area contributed by atoms with E-state index in [1.165, 1.54) is 15.1 Å². The maximum Gasteiger partial charge on any atom is 0.0922 e. The van der Waals surface area contributed by atoms with E-state index in [0.717, 1.165) is 49.5 Å². The lowest BCUT2D eigenvalue weighted by Gasteiger charge is -2.34. The highest BCUT2D eigenvalue weighted by Gasteiger charge is 2.17. The number of anilines is 1. The fourth-order valence-electron chi connectivity index (χ4n) is 3.25. The molecule has 0 saturated carbocycles. The molecule has 0 N–H and O–H groups in total. The van der Waals surface area contributed by atoms with Gasteiger partial charge in [-0.05, 0) is 30.8 Å². The van der Waals surface area contributed by atoms with Crippen molar-refractivity contribution in [3.63, 3.8) is 0 Å². The molecule has 1 fully saturated rings. The highest BCUT2D eigenvalue weighted by Crippen LogP contribution is 2.34. The topological polar surface area (TPSA) is 19.4 Å². The predicted molar refractivity (Wildman–Crippen MR) is 107 cm³/mol. The van der Waals surface area contributed by atoms with Gasteiger partial charge in [-0.15, -0.1) is 17.8 Å². The fraction of sp³-hybridized carbons (Fsp3) is 0.286. The first-order valence-electron chi connectivity index (χ1n) is 8.71. The van der Waals surface area contributed by atoms with E-state index in [9.17, 15) is 0 Å². The van der Waals surface area contributed by atoms with E-state index in [-0.39, 0.29) is 0 Å². The summed E-state index contributed by atoms with van der Waals surface area (Å²) in [7, 11) is 0. The minimum atomic E-state index is 0.898. The summed E-state index contributed by atoms with van der Waals surface area (Å²) < 4.78 is 1.29. The summed E-state index contributed by atoms with van der Waals surface area (Å²) >= 11 is 1.86. The minimum Gasteiger partial charge on any atom is -0.361 e. The number of fused-ring (bicyclic) bond motifs is 1. The number of thiophene rings is 1. The van der Waals surface area contributed by atoms with E-state index >= 15 is 0 Å². The quantitative estimate of drug-likeness (QED) is 0.665. The second-order valence-corrected chi connectivity index (χ2v) is 7.40. The van der Waals surface area contributed by atoms with Crippen LogP contribution in [0.5, 0.6) is 0 Å². The number of pyridine rings is 1. The van der Waals surface area contributed by atoms with Crippen LogP contribution in [-0.2, 0) is 0 Å². The monoisotopic (exact) mass is 347 g/mol. The normalized spacial score (nSPS) is 15.4. The third-order valence-electron chi connectivity index (χ3n) is 4.87. The van der Waals surface area contributed by atoms with Crippen molar-refractivity contribution >= 4 is 26.4 Å². The molecule has 3 nitrogen and oxygen atoms in total. The van der Waals surface area contributed by atoms with Crippen LogP contribution in [0, 0.1) is 12.3 Å². The molecule has 4 rings (SSSR count). The van der Waals surface area contributed by atoms with Crippen LogP contribution in [0.15, 0.2) is 42.6 Å². The van der Waals surface area contributed by atoms with Gasteiger partial charge in [0.05, 0.1) is 10.7 Å². The average molecular weight is 347 g/mol. The molecule has 25 heavy (non-hydrogen) atoms. The third-order valence-corrected chi connectivity index (χ3v) is 6.03. The molecule has 3 aromatic rings. The standard InChI is InChI=1S/C21H21N3S/c1-3-16-5-7-17(8-6-16)19-14-20-18(15-22-19)13-21(25-20)24-11-9-23(4-2)10-12-24/h1,5-8,13-15H,4,9-12H2,2H3. The summed E-state index contributed by atoms with van der Waals surface area (Å²) in [5.41, 5.74) is 3.00. The van der Waals surface area contributed by atoms with E-state index in [1.807, 2.05) is 41.8 Å². The summed E-state index contributed by atoms with van der Waals surface area (Å²) in [6.45, 7) is 7.89. The summed E-state index contributed by atoms with van der Waals surface area (Å²) in [4.78, 5) is 9.65. The maximum atomic E-state index is 5.43. The van der Waals surface area contributed by atoms with Crippen molar-refractivity contribution in [2.45, 2.75) is 6.92 Å². The highest BCUT2D eigenvalue weighted by atomic mass is 32.1. The molecular weight excluding hydrogens is 326 g/mol. The number of piperazine rings is 1. The van der Waals surface area contributed by atoms with Gasteiger partial charge >= 0.3 is 0 Å². The zero-order valence-electron chi connectivity index (χ0n) is 14.4. The summed E-state index contributed by atoms with van der Waals surface area (Å²) in [6, 6.07) is 12.5. The molecule has 0 radical (unpaired) electrons. The predicted octanol–water partition coefficient (Wildman–Crippen LogP) is 4.09. The van der Waals surface area contributed by atoms with Crippen LogP contribution in [0.3, 0.4) is 0 Å². The van der Waals surface area contributed by atoms with Gasteiger partial charge in [-0.1, -0.05) is 25.0 Å². The smallest absolute Gasteiger partial charge is 0.0922 e. The number of aromatic nitrogens is 1. The molecule has 0 atom stereocenters. The van der Waals surface area contributed by atoms with Crippen molar-refractivity contribution in [1.82, 2.24) is 9.88 Å². The van der Waals surface area contributed by atoms with Crippen LogP contribution >= 0.6 is 11.3 Å². The van der Waals surface area contributed by atoms with Crippen LogP contribution in [-0.4, -0.2) is 42.6 Å². The van der Waals surface area contributed by atoms with Crippen LogP contribution in [0.25, 0.3) is 21.3 Å². The van der Waals surface area contributed by atoms with Gasteiger partial charge in [0.1, 0.15) is 0 Å². The van der Waals surface area contributed by atoms with Crippen LogP contribution < -0.4 is 4.90 Å². The lowest BCUT2D eigenvalue weighted by Crippen LogP contribution is -2.45. The number of benzene rings is 1. The number of nitrogens with zero attached hydrogens (tertiary/aromatic N) is 3. The Morgan fingerprint density at radius 2 is 1.88 bits per heavy atom. The molecule has 0 spiro atoms. The Balaban J connectivity index is 1.60. The van der Waals surface area contributed by atoms with Gasteiger partial charge in [-0.2, -0.15) is 0 Å². The molecule has 4 heteroatoms. The third kappa shape index (κ3) is 3.26. The molecule has 1 saturated heterocycles. The molecule has 3 heterocycles. The summed E-state index contributed by atoms with van der Waals surface area (Å²) in [6.07, 6.45) is 7.42. The van der Waals surface area contributed by atoms with E-state index in [4.69, 9.17) is 6.42 Å². The lowest BCUT2D eigenvalue weighted by atomic mass is 10.1. The first kappa shape index (κ1) is 16.1. The Labute approximate surface area is 152 Å². The first-order valence-corrected chi connectivity index (χ1v) is 9.52. The Hall–Kier alpha value is -2.35. The van der Waals surface area contributed by atoms with Gasteiger partial charge in [-0.25, -0.2) is 0 Å². The highest BCUT2D eigenvalue weighted by molar-refractivity contribution is 7.22. The molecule has 0 bridgehead atoms. The van der Waals surface area contributed by atoms with Crippen LogP contribution in [0.1, 0.15) is 12.5 Å². The number of hydrogen-bond donors (Lipinski definition) is 0. The van der Waals surface area contributed by atoms with Gasteiger partial charge in [-0.3, -0.25) is 4.98 Å². The van der Waals surface area contributed by atoms with E-state index in [0.29, 0.717) is 0 Å². The Kier molecular flexibility index (Phi) is 4.44. The zero-order valence-corrected chi connectivity index (χ0v) is 15.2. The first-order chi connectivity index (χ1) is 12.3. The Bertz CT molecular complexity index is 912. The van der Waals surface area contributed by atoms with E-state index < -0.39 is 0 Å². The molecule has 0 aliphatic carbocycles. The minimum absolute atomic E-state index is 0.898. The molecule has 1 aliphatic heterocycles. The van der Waals surface area contributed by atoms with Crippen molar-refractivity contribution < 1.29 is 0 Å². The summed E-state index contributed by atoms with van der Waals surface area (Å²) in [5.74, 6) is 2.65. The zero-order chi connectivity index (χ0) is 17.2. The molecule has 126 valence electrons. The Morgan fingerprint density at radius 1 is 1.12 bits per heavy atom. The summed E-state index contributed by atoms with van der Waals surface area (Å²) in [5, 5.41) is 2.58. The van der Waals surface area contributed by atoms with Crippen LogP contribution in [0.4, 0.5) is 5.00 Å².